The number of aliphatic imine (C=N–C) groups is 1. The van der Waals surface area contributed by atoms with E-state index in [0.717, 1.165) is 3.72 Å². The van der Waals surface area contributed by atoms with Gasteiger partial charge in [-0.25, -0.2) is 0 Å². The molecule has 0 aromatic heterocycles. The van der Waals surface area contributed by atoms with E-state index in [1.165, 1.54) is 0 Å². The first-order valence-electron chi connectivity index (χ1n) is 3.49. The van der Waals surface area contributed by atoms with E-state index in [2.05, 4.69) is 57.1 Å². The number of halogens is 2. The van der Waals surface area contributed by atoms with E-state index in [1.54, 1.807) is 6.92 Å². The Bertz CT molecular complexity index is 205. The maximum atomic E-state index is 5.61. The van der Waals surface area contributed by atoms with Gasteiger partial charge in [0.2, 0.25) is 0 Å². The summed E-state index contributed by atoms with van der Waals surface area (Å²) in [5.74, 6) is 0. The van der Waals surface area contributed by atoms with Crippen molar-refractivity contribution in [3.05, 3.63) is 11.4 Å². The van der Waals surface area contributed by atoms with Gasteiger partial charge >= 0.3 is 0 Å². The van der Waals surface area contributed by atoms with Crippen molar-refractivity contribution in [1.82, 2.24) is 0 Å². The second-order valence-corrected chi connectivity index (χ2v) is 5.44. The molecule has 0 radical (unpaired) electrons. The molecule has 3 nitrogen and oxygen atoms in total. The Morgan fingerprint density at radius 2 is 2.00 bits per heavy atom. The van der Waals surface area contributed by atoms with Crippen LogP contribution in [-0.2, 0) is 0 Å². The number of nitrogens with two attached hydrogens (primary N) is 2. The van der Waals surface area contributed by atoms with E-state index < -0.39 is 0 Å². The summed E-state index contributed by atoms with van der Waals surface area (Å²) in [6.07, 6.45) is 0. The molecular weight excluding hydrogens is 380 g/mol. The maximum Gasteiger partial charge on any atom is 0.0858 e. The Morgan fingerprint density at radius 1 is 1.50 bits per heavy atom. The quantitative estimate of drug-likeness (QED) is 0.437. The molecule has 0 aliphatic carbocycles. The zero-order valence-corrected chi connectivity index (χ0v) is 11.5. The summed E-state index contributed by atoms with van der Waals surface area (Å²) in [6.45, 7) is 4.38. The second kappa shape index (κ2) is 6.01. The van der Waals surface area contributed by atoms with E-state index in [4.69, 9.17) is 11.5 Å². The summed E-state index contributed by atoms with van der Waals surface area (Å²) in [5.41, 5.74) is 12.4. The third kappa shape index (κ3) is 5.18. The molecule has 0 amide bonds. The summed E-state index contributed by atoms with van der Waals surface area (Å²) >= 11 is 4.52. The first kappa shape index (κ1) is 12.5. The van der Waals surface area contributed by atoms with Crippen molar-refractivity contribution in [1.29, 1.82) is 0 Å². The van der Waals surface area contributed by atoms with Crippen molar-refractivity contribution in [3.63, 3.8) is 0 Å². The molecule has 0 bridgehead atoms. The minimum absolute atomic E-state index is 0.439. The molecule has 1 unspecified atom stereocenters. The lowest BCUT2D eigenvalue weighted by atomic mass is 10.3. The monoisotopic (exact) mass is 393 g/mol. The van der Waals surface area contributed by atoms with Crippen LogP contribution in [0.3, 0.4) is 0 Å². The van der Waals surface area contributed by atoms with Crippen molar-refractivity contribution in [2.75, 3.05) is 6.54 Å². The molecule has 0 saturated carbocycles. The fourth-order valence-corrected chi connectivity index (χ4v) is 0.779. The van der Waals surface area contributed by atoms with Crippen LogP contribution in [0.15, 0.2) is 16.4 Å². The Kier molecular flexibility index (Phi) is 6.24. The molecule has 1 atom stereocenters. The molecule has 5 heteroatoms. The molecule has 0 rings (SSSR count). The number of hydrogen-bond acceptors (Lipinski definition) is 3. The molecule has 12 heavy (non-hydrogen) atoms. The van der Waals surface area contributed by atoms with Crippen molar-refractivity contribution in [2.45, 2.75) is 17.8 Å². The summed E-state index contributed by atoms with van der Waals surface area (Å²) < 4.78 is 1.51. The molecule has 0 aliphatic heterocycles. The van der Waals surface area contributed by atoms with Crippen molar-refractivity contribution in [3.8, 4) is 0 Å². The Hall–Kier alpha value is 0.470. The third-order valence-electron chi connectivity index (χ3n) is 1.24. The number of allylic oxidation sites excluding steroid dienone is 1. The van der Waals surface area contributed by atoms with Crippen molar-refractivity contribution >= 4 is 48.9 Å². The molecule has 0 spiro atoms. The van der Waals surface area contributed by atoms with E-state index in [-0.39, 0.29) is 0 Å². The summed E-state index contributed by atoms with van der Waals surface area (Å²) in [6, 6.07) is 0. The Morgan fingerprint density at radius 3 is 2.33 bits per heavy atom. The highest BCUT2D eigenvalue weighted by Crippen LogP contribution is 2.08. The van der Waals surface area contributed by atoms with Gasteiger partial charge in [0.1, 0.15) is 0 Å². The Balaban J connectivity index is 4.15. The highest BCUT2D eigenvalue weighted by Gasteiger charge is 2.01. The van der Waals surface area contributed by atoms with Crippen LogP contribution in [0.25, 0.3) is 0 Å². The van der Waals surface area contributed by atoms with Gasteiger partial charge in [0, 0.05) is 11.4 Å². The highest BCUT2D eigenvalue weighted by atomic mass is 127. The van der Waals surface area contributed by atoms with Gasteiger partial charge in [-0.15, -0.1) is 0 Å². The SMILES string of the molecule is C/C(N)=C(/N)C/N=C(/I)C(C)I. The van der Waals surface area contributed by atoms with Crippen molar-refractivity contribution in [2.24, 2.45) is 16.5 Å². The predicted octanol–water partition coefficient (Wildman–Crippen LogP) is 1.79. The minimum Gasteiger partial charge on any atom is -0.401 e. The lowest BCUT2D eigenvalue weighted by Gasteiger charge is -2.02. The van der Waals surface area contributed by atoms with Gasteiger partial charge < -0.3 is 11.5 Å². The molecule has 0 aromatic carbocycles. The number of alkyl halides is 1. The lowest BCUT2D eigenvalue weighted by molar-refractivity contribution is 1.04. The normalized spacial score (nSPS) is 17.2. The molecule has 0 saturated heterocycles. The third-order valence-corrected chi connectivity index (χ3v) is 4.29. The number of hydrogen-bond donors (Lipinski definition) is 2. The van der Waals surface area contributed by atoms with E-state index in [0.29, 0.717) is 21.9 Å². The summed E-state index contributed by atoms with van der Waals surface area (Å²) in [5, 5.41) is 0. The fourth-order valence-electron chi connectivity index (χ4n) is 0.411. The van der Waals surface area contributed by atoms with E-state index >= 15 is 0 Å². The van der Waals surface area contributed by atoms with Crippen LogP contribution in [0, 0.1) is 0 Å². The number of nitrogens with zero attached hydrogens (tertiary/aromatic N) is 1. The second-order valence-electron chi connectivity index (χ2n) is 2.46. The molecule has 70 valence electrons. The van der Waals surface area contributed by atoms with Crippen LogP contribution >= 0.6 is 45.2 Å². The van der Waals surface area contributed by atoms with Gasteiger partial charge in [-0.1, -0.05) is 22.6 Å². The average molecular weight is 393 g/mol. The zero-order valence-electron chi connectivity index (χ0n) is 7.14. The van der Waals surface area contributed by atoms with Crippen molar-refractivity contribution < 1.29 is 0 Å². The maximum absolute atomic E-state index is 5.61. The Labute approximate surface area is 100 Å². The van der Waals surface area contributed by atoms with Crippen LogP contribution < -0.4 is 11.5 Å². The first-order valence-corrected chi connectivity index (χ1v) is 5.82. The molecule has 0 fully saturated rings. The van der Waals surface area contributed by atoms with Gasteiger partial charge in [0.15, 0.2) is 0 Å². The predicted molar refractivity (Wildman–Crippen MR) is 70.9 cm³/mol. The molecule has 0 aliphatic rings. The summed E-state index contributed by atoms with van der Waals surface area (Å²) in [4.78, 5) is 4.28. The van der Waals surface area contributed by atoms with Crippen LogP contribution in [0.4, 0.5) is 0 Å². The molecule has 4 N–H and O–H groups in total. The largest absolute Gasteiger partial charge is 0.401 e. The van der Waals surface area contributed by atoms with Crippen LogP contribution in [0.5, 0.6) is 0 Å². The van der Waals surface area contributed by atoms with Gasteiger partial charge in [0.05, 0.1) is 14.2 Å². The molecule has 0 heterocycles. The first-order chi connectivity index (χ1) is 5.45. The minimum atomic E-state index is 0.439. The van der Waals surface area contributed by atoms with Gasteiger partial charge in [-0.2, -0.15) is 0 Å². The van der Waals surface area contributed by atoms with E-state index in [9.17, 15) is 0 Å². The molecular formula is C7H13I2N3. The summed E-state index contributed by atoms with van der Waals surface area (Å²) in [7, 11) is 0. The van der Waals surface area contributed by atoms with Gasteiger partial charge in [0.25, 0.3) is 0 Å². The van der Waals surface area contributed by atoms with E-state index in [1.807, 2.05) is 0 Å². The highest BCUT2D eigenvalue weighted by molar-refractivity contribution is 14.1. The standard InChI is InChI=1S/C7H13I2N3/c1-4(8)7(9)12-3-6(11)5(2)10/h4H,3,10-11H2,1-2H3/b6-5-,12-7+. The topological polar surface area (TPSA) is 64.4 Å². The zero-order chi connectivity index (χ0) is 9.72. The lowest BCUT2D eigenvalue weighted by Crippen LogP contribution is -2.11. The smallest absolute Gasteiger partial charge is 0.0858 e. The van der Waals surface area contributed by atoms with Crippen LogP contribution in [0.1, 0.15) is 13.8 Å². The van der Waals surface area contributed by atoms with Gasteiger partial charge in [-0.3, -0.25) is 4.99 Å². The van der Waals surface area contributed by atoms with Gasteiger partial charge in [-0.05, 0) is 36.4 Å². The average Bonchev–Trinajstić information content (AvgIpc) is 1.98. The molecule has 0 aromatic rings. The van der Waals surface area contributed by atoms with Crippen LogP contribution in [0.2, 0.25) is 0 Å². The number of rotatable bonds is 3. The van der Waals surface area contributed by atoms with Crippen LogP contribution in [-0.4, -0.2) is 14.2 Å². The fraction of sp³-hybridized carbons (Fsp3) is 0.571.